The van der Waals surface area contributed by atoms with Gasteiger partial charge in [0.05, 0.1) is 25.9 Å². The summed E-state index contributed by atoms with van der Waals surface area (Å²) >= 11 is 0. The summed E-state index contributed by atoms with van der Waals surface area (Å²) in [7, 11) is 1.70. The van der Waals surface area contributed by atoms with Crippen LogP contribution in [0.25, 0.3) is 0 Å². The smallest absolute Gasteiger partial charge is 0.127 e. The Morgan fingerprint density at radius 1 is 1.39 bits per heavy atom. The number of oxime groups is 1. The minimum atomic E-state index is 0.635. The molecular weight excluding hydrogens is 228 g/mol. The Kier molecular flexibility index (Phi) is 4.20. The van der Waals surface area contributed by atoms with E-state index in [0.29, 0.717) is 5.71 Å². The second kappa shape index (κ2) is 5.87. The summed E-state index contributed by atoms with van der Waals surface area (Å²) in [6, 6.07) is 5.95. The normalized spacial score (nSPS) is 17.1. The fraction of sp³-hybridized carbons (Fsp3) is 0.500. The van der Waals surface area contributed by atoms with E-state index in [4.69, 9.17) is 9.94 Å². The van der Waals surface area contributed by atoms with Gasteiger partial charge >= 0.3 is 0 Å². The maximum atomic E-state index is 8.84. The Bertz CT molecular complexity index is 437. The van der Waals surface area contributed by atoms with E-state index < -0.39 is 0 Å². The summed E-state index contributed by atoms with van der Waals surface area (Å²) in [6.07, 6.45) is 2.63. The van der Waals surface area contributed by atoms with Crippen molar-refractivity contribution in [1.82, 2.24) is 0 Å². The van der Waals surface area contributed by atoms with Crippen molar-refractivity contribution in [3.8, 4) is 5.75 Å². The van der Waals surface area contributed by atoms with E-state index >= 15 is 0 Å². The third-order valence-corrected chi connectivity index (χ3v) is 3.60. The second-order valence-electron chi connectivity index (χ2n) is 4.85. The van der Waals surface area contributed by atoms with Crippen LogP contribution in [0.2, 0.25) is 0 Å². The molecule has 0 saturated carbocycles. The second-order valence-corrected chi connectivity index (χ2v) is 4.85. The van der Waals surface area contributed by atoms with Crippen LogP contribution in [0, 0.1) is 0 Å². The first kappa shape index (κ1) is 12.9. The monoisotopic (exact) mass is 249 g/mol. The van der Waals surface area contributed by atoms with Crippen molar-refractivity contribution in [1.29, 1.82) is 0 Å². The van der Waals surface area contributed by atoms with Crippen LogP contribution in [0.1, 0.15) is 30.9 Å². The zero-order valence-corrected chi connectivity index (χ0v) is 11.1. The first-order chi connectivity index (χ1) is 8.74. The van der Waals surface area contributed by atoms with Crippen LogP contribution in [0.3, 0.4) is 0 Å². The molecule has 1 fully saturated rings. The molecule has 18 heavy (non-hydrogen) atoms. The van der Waals surface area contributed by atoms with Crippen LogP contribution in [0.4, 0.5) is 0 Å². The standard InChI is InChI=1S/C14H20N2O2/c1-11(15-17)12-5-6-14(18-2)13(9-12)10-16-7-3-4-8-16/h5-6,9,17H,3-4,7-8,10H2,1-2H3/p+1/b15-11-. The van der Waals surface area contributed by atoms with Gasteiger partial charge in [-0.25, -0.2) is 0 Å². The SMILES string of the molecule is COc1ccc(/C(C)=N\O)cc1C[NH+]1CCCC1. The third kappa shape index (κ3) is 2.82. The maximum Gasteiger partial charge on any atom is 0.127 e. The van der Waals surface area contributed by atoms with Gasteiger partial charge in [0.15, 0.2) is 0 Å². The van der Waals surface area contributed by atoms with Crippen LogP contribution < -0.4 is 9.64 Å². The van der Waals surface area contributed by atoms with Crippen LogP contribution in [-0.4, -0.2) is 31.1 Å². The fourth-order valence-corrected chi connectivity index (χ4v) is 2.52. The van der Waals surface area contributed by atoms with Gasteiger partial charge in [0, 0.05) is 18.4 Å². The van der Waals surface area contributed by atoms with Crippen LogP contribution in [-0.2, 0) is 6.54 Å². The summed E-state index contributed by atoms with van der Waals surface area (Å²) in [5, 5.41) is 12.1. The molecule has 1 aliphatic heterocycles. The average Bonchev–Trinajstić information content (AvgIpc) is 2.90. The molecule has 1 aliphatic rings. The number of likely N-dealkylation sites (tertiary alicyclic amines) is 1. The van der Waals surface area contributed by atoms with Crippen LogP contribution in [0.5, 0.6) is 5.75 Å². The lowest BCUT2D eigenvalue weighted by atomic mass is 10.1. The molecule has 0 radical (unpaired) electrons. The van der Waals surface area contributed by atoms with Crippen molar-refractivity contribution < 1.29 is 14.8 Å². The number of hydrogen-bond donors (Lipinski definition) is 2. The Morgan fingerprint density at radius 2 is 2.11 bits per heavy atom. The molecule has 1 aromatic carbocycles. The fourth-order valence-electron chi connectivity index (χ4n) is 2.52. The Morgan fingerprint density at radius 3 is 2.72 bits per heavy atom. The molecule has 0 aliphatic carbocycles. The lowest BCUT2D eigenvalue weighted by Gasteiger charge is -2.15. The van der Waals surface area contributed by atoms with E-state index in [1.807, 2.05) is 12.1 Å². The summed E-state index contributed by atoms with van der Waals surface area (Å²) < 4.78 is 5.41. The van der Waals surface area contributed by atoms with Gasteiger partial charge in [-0.2, -0.15) is 0 Å². The highest BCUT2D eigenvalue weighted by Gasteiger charge is 2.18. The predicted molar refractivity (Wildman–Crippen MR) is 70.6 cm³/mol. The molecule has 1 heterocycles. The molecule has 0 bridgehead atoms. The number of benzene rings is 1. The number of quaternary nitrogens is 1. The van der Waals surface area contributed by atoms with E-state index in [2.05, 4.69) is 11.2 Å². The third-order valence-electron chi connectivity index (χ3n) is 3.60. The quantitative estimate of drug-likeness (QED) is 0.476. The highest BCUT2D eigenvalue weighted by atomic mass is 16.5. The Hall–Kier alpha value is -1.55. The first-order valence-corrected chi connectivity index (χ1v) is 6.44. The molecule has 1 aromatic rings. The number of hydrogen-bond acceptors (Lipinski definition) is 3. The molecular formula is C14H21N2O2+. The van der Waals surface area contributed by atoms with Crippen molar-refractivity contribution in [3.63, 3.8) is 0 Å². The van der Waals surface area contributed by atoms with Gasteiger partial charge in [-0.15, -0.1) is 0 Å². The molecule has 0 spiro atoms. The molecule has 2 N–H and O–H groups in total. The zero-order valence-electron chi connectivity index (χ0n) is 11.1. The van der Waals surface area contributed by atoms with Gasteiger partial charge < -0.3 is 14.8 Å². The zero-order chi connectivity index (χ0) is 13.0. The summed E-state index contributed by atoms with van der Waals surface area (Å²) in [5.41, 5.74) is 2.78. The lowest BCUT2D eigenvalue weighted by Crippen LogP contribution is -3.08. The van der Waals surface area contributed by atoms with E-state index in [1.54, 1.807) is 18.9 Å². The van der Waals surface area contributed by atoms with Gasteiger partial charge in [-0.05, 0) is 30.7 Å². The summed E-state index contributed by atoms with van der Waals surface area (Å²) in [4.78, 5) is 1.60. The maximum absolute atomic E-state index is 8.84. The molecule has 2 rings (SSSR count). The van der Waals surface area contributed by atoms with Gasteiger partial charge in [-0.3, -0.25) is 0 Å². The number of nitrogens with one attached hydrogen (secondary N) is 1. The van der Waals surface area contributed by atoms with Crippen molar-refractivity contribution in [3.05, 3.63) is 29.3 Å². The predicted octanol–water partition coefficient (Wildman–Crippen LogP) is 1.07. The topological polar surface area (TPSA) is 46.3 Å². The van der Waals surface area contributed by atoms with E-state index in [-0.39, 0.29) is 0 Å². The minimum Gasteiger partial charge on any atom is -0.496 e. The summed E-state index contributed by atoms with van der Waals surface area (Å²) in [5.74, 6) is 0.920. The highest BCUT2D eigenvalue weighted by Crippen LogP contribution is 2.19. The molecule has 4 heteroatoms. The van der Waals surface area contributed by atoms with Crippen molar-refractivity contribution in [2.45, 2.75) is 26.3 Å². The molecule has 0 atom stereocenters. The van der Waals surface area contributed by atoms with Gasteiger partial charge in [-0.1, -0.05) is 5.16 Å². The van der Waals surface area contributed by atoms with E-state index in [0.717, 1.165) is 17.9 Å². The lowest BCUT2D eigenvalue weighted by molar-refractivity contribution is -0.901. The number of ether oxygens (including phenoxy) is 1. The van der Waals surface area contributed by atoms with Crippen LogP contribution in [0.15, 0.2) is 23.4 Å². The van der Waals surface area contributed by atoms with E-state index in [9.17, 15) is 0 Å². The van der Waals surface area contributed by atoms with Crippen molar-refractivity contribution in [2.75, 3.05) is 20.2 Å². The van der Waals surface area contributed by atoms with Crippen LogP contribution >= 0.6 is 0 Å². The number of nitrogens with zero attached hydrogens (tertiary/aromatic N) is 1. The van der Waals surface area contributed by atoms with Gasteiger partial charge in [0.1, 0.15) is 12.3 Å². The Balaban J connectivity index is 2.24. The minimum absolute atomic E-state index is 0.635. The molecule has 0 unspecified atom stereocenters. The molecule has 0 aromatic heterocycles. The molecule has 0 amide bonds. The Labute approximate surface area is 108 Å². The van der Waals surface area contributed by atoms with Gasteiger partial charge in [0.2, 0.25) is 0 Å². The summed E-state index contributed by atoms with van der Waals surface area (Å²) in [6.45, 7) is 5.25. The number of rotatable bonds is 4. The average molecular weight is 249 g/mol. The molecule has 98 valence electrons. The highest BCUT2D eigenvalue weighted by molar-refractivity contribution is 5.98. The number of methoxy groups -OCH3 is 1. The molecule has 4 nitrogen and oxygen atoms in total. The van der Waals surface area contributed by atoms with E-state index in [1.165, 1.54) is 31.5 Å². The largest absolute Gasteiger partial charge is 0.496 e. The first-order valence-electron chi connectivity index (χ1n) is 6.44. The van der Waals surface area contributed by atoms with Gasteiger partial charge in [0.25, 0.3) is 0 Å². The van der Waals surface area contributed by atoms with Crippen molar-refractivity contribution in [2.24, 2.45) is 5.16 Å². The van der Waals surface area contributed by atoms with Crippen molar-refractivity contribution >= 4 is 5.71 Å². The molecule has 1 saturated heterocycles.